The predicted molar refractivity (Wildman–Crippen MR) is 81.9 cm³/mol. The van der Waals surface area contributed by atoms with Gasteiger partial charge in [-0.1, -0.05) is 23.8 Å². The van der Waals surface area contributed by atoms with Crippen LogP contribution in [0.1, 0.15) is 31.2 Å². The molecule has 19 heavy (non-hydrogen) atoms. The van der Waals surface area contributed by atoms with Crippen molar-refractivity contribution in [3.63, 3.8) is 0 Å². The first-order chi connectivity index (χ1) is 9.06. The van der Waals surface area contributed by atoms with Crippen molar-refractivity contribution in [1.82, 2.24) is 0 Å². The molecule has 1 aromatic rings. The molecule has 2 saturated heterocycles. The normalized spacial score (nSPS) is 29.6. The topological polar surface area (TPSA) is 49.5 Å². The lowest BCUT2D eigenvalue weighted by Crippen LogP contribution is -2.45. The molecule has 2 atom stereocenters. The van der Waals surface area contributed by atoms with Crippen LogP contribution in [0, 0.1) is 0 Å². The van der Waals surface area contributed by atoms with Gasteiger partial charge in [0.1, 0.15) is 4.99 Å². The Labute approximate surface area is 123 Å². The molecule has 102 valence electrons. The van der Waals surface area contributed by atoms with Gasteiger partial charge in [0.05, 0.1) is 6.10 Å². The zero-order valence-corrected chi connectivity index (χ0v) is 12.1. The smallest absolute Gasteiger partial charge is 0.106 e. The van der Waals surface area contributed by atoms with Crippen molar-refractivity contribution in [2.75, 3.05) is 4.90 Å². The number of aliphatic hydroxyl groups excluding tert-OH is 1. The number of thiocarbonyl (C=S) groups is 1. The summed E-state index contributed by atoms with van der Waals surface area (Å²) in [5.41, 5.74) is 7.73. The van der Waals surface area contributed by atoms with E-state index in [1.54, 1.807) is 0 Å². The van der Waals surface area contributed by atoms with Gasteiger partial charge in [-0.15, -0.1) is 0 Å². The first-order valence-corrected chi connectivity index (χ1v) is 7.40. The van der Waals surface area contributed by atoms with Crippen LogP contribution in [0.3, 0.4) is 0 Å². The Morgan fingerprint density at radius 1 is 1.32 bits per heavy atom. The first kappa shape index (κ1) is 13.2. The summed E-state index contributed by atoms with van der Waals surface area (Å²) in [6.45, 7) is 0. The van der Waals surface area contributed by atoms with Crippen LogP contribution in [-0.2, 0) is 0 Å². The zero-order valence-electron chi connectivity index (χ0n) is 10.6. The summed E-state index contributed by atoms with van der Waals surface area (Å²) < 4.78 is 0. The molecule has 2 aliphatic rings. The van der Waals surface area contributed by atoms with Crippen LogP contribution in [0.25, 0.3) is 0 Å². The molecule has 1 aromatic carbocycles. The van der Waals surface area contributed by atoms with E-state index in [0.717, 1.165) is 36.9 Å². The number of anilines is 1. The second-order valence-electron chi connectivity index (χ2n) is 5.44. The Kier molecular flexibility index (Phi) is 3.41. The van der Waals surface area contributed by atoms with Gasteiger partial charge in [0.25, 0.3) is 0 Å². The van der Waals surface area contributed by atoms with Crippen molar-refractivity contribution in [2.45, 2.75) is 43.9 Å². The number of nitrogens with two attached hydrogens (primary N) is 1. The third kappa shape index (κ3) is 2.33. The van der Waals surface area contributed by atoms with Gasteiger partial charge < -0.3 is 15.7 Å². The van der Waals surface area contributed by atoms with Crippen molar-refractivity contribution < 1.29 is 5.11 Å². The lowest BCUT2D eigenvalue weighted by molar-refractivity contribution is 0.126. The number of piperidine rings is 1. The van der Waals surface area contributed by atoms with Crippen LogP contribution in [0.15, 0.2) is 18.2 Å². The molecule has 5 heteroatoms. The highest BCUT2D eigenvalue weighted by molar-refractivity contribution is 7.80. The van der Waals surface area contributed by atoms with Crippen molar-refractivity contribution in [2.24, 2.45) is 5.73 Å². The minimum Gasteiger partial charge on any atom is -0.393 e. The highest BCUT2D eigenvalue weighted by Gasteiger charge is 2.41. The molecule has 3 N–H and O–H groups in total. The molecule has 2 aliphatic heterocycles. The summed E-state index contributed by atoms with van der Waals surface area (Å²) in [5, 5.41) is 10.6. The number of aliphatic hydroxyl groups is 1. The fourth-order valence-electron chi connectivity index (χ4n) is 3.47. The molecule has 0 aromatic heterocycles. The van der Waals surface area contributed by atoms with E-state index in [0.29, 0.717) is 22.1 Å². The summed E-state index contributed by atoms with van der Waals surface area (Å²) in [5.74, 6) is 0. The molecular weight excluding hydrogens is 280 g/mol. The number of hydrogen-bond donors (Lipinski definition) is 2. The molecule has 3 nitrogen and oxygen atoms in total. The average Bonchev–Trinajstić information content (AvgIpc) is 2.61. The molecule has 3 rings (SSSR count). The van der Waals surface area contributed by atoms with Crippen LogP contribution in [0.2, 0.25) is 5.02 Å². The number of halogens is 1. The van der Waals surface area contributed by atoms with E-state index >= 15 is 0 Å². The molecule has 2 heterocycles. The van der Waals surface area contributed by atoms with Crippen LogP contribution in [0.5, 0.6) is 0 Å². The van der Waals surface area contributed by atoms with Gasteiger partial charge in [0, 0.05) is 28.4 Å². The Bertz CT molecular complexity index is 508. The third-order valence-electron chi connectivity index (χ3n) is 4.21. The quantitative estimate of drug-likeness (QED) is 0.823. The Hall–Kier alpha value is -0.840. The van der Waals surface area contributed by atoms with Crippen LogP contribution in [-0.4, -0.2) is 28.3 Å². The SMILES string of the molecule is NC(=S)c1ccc(Cl)cc1N1C2CCC1CC(O)C2. The van der Waals surface area contributed by atoms with E-state index in [1.165, 1.54) is 0 Å². The van der Waals surface area contributed by atoms with Gasteiger partial charge in [-0.05, 0) is 43.9 Å². The van der Waals surface area contributed by atoms with Crippen LogP contribution >= 0.6 is 23.8 Å². The van der Waals surface area contributed by atoms with E-state index in [-0.39, 0.29) is 6.10 Å². The van der Waals surface area contributed by atoms with Gasteiger partial charge in [-0.25, -0.2) is 0 Å². The third-order valence-corrected chi connectivity index (χ3v) is 4.67. The predicted octanol–water partition coefficient (Wildman–Crippen LogP) is 2.47. The fourth-order valence-corrected chi connectivity index (χ4v) is 3.81. The summed E-state index contributed by atoms with van der Waals surface area (Å²) in [7, 11) is 0. The maximum absolute atomic E-state index is 9.88. The number of hydrogen-bond acceptors (Lipinski definition) is 3. The molecule has 2 fully saturated rings. The summed E-state index contributed by atoms with van der Waals surface area (Å²) in [6.07, 6.45) is 3.69. The van der Waals surface area contributed by atoms with Gasteiger partial charge >= 0.3 is 0 Å². The van der Waals surface area contributed by atoms with Crippen molar-refractivity contribution >= 4 is 34.5 Å². The lowest BCUT2D eigenvalue weighted by Gasteiger charge is -2.40. The van der Waals surface area contributed by atoms with Gasteiger partial charge in [-0.2, -0.15) is 0 Å². The monoisotopic (exact) mass is 296 g/mol. The fraction of sp³-hybridized carbons (Fsp3) is 0.500. The molecular formula is C14H17ClN2OS. The number of benzene rings is 1. The Balaban J connectivity index is 2.03. The average molecular weight is 297 g/mol. The van der Waals surface area contributed by atoms with Crippen molar-refractivity contribution in [1.29, 1.82) is 0 Å². The largest absolute Gasteiger partial charge is 0.393 e. The van der Waals surface area contributed by atoms with Crippen LogP contribution in [0.4, 0.5) is 5.69 Å². The van der Waals surface area contributed by atoms with Gasteiger partial charge in [0.15, 0.2) is 0 Å². The minimum atomic E-state index is -0.179. The molecule has 0 saturated carbocycles. The first-order valence-electron chi connectivity index (χ1n) is 6.62. The molecule has 2 bridgehead atoms. The summed E-state index contributed by atoms with van der Waals surface area (Å²) in [4.78, 5) is 2.77. The van der Waals surface area contributed by atoms with E-state index in [4.69, 9.17) is 29.6 Å². The minimum absolute atomic E-state index is 0.179. The van der Waals surface area contributed by atoms with E-state index in [9.17, 15) is 5.11 Å². The Morgan fingerprint density at radius 3 is 2.53 bits per heavy atom. The number of rotatable bonds is 2. The molecule has 0 aliphatic carbocycles. The lowest BCUT2D eigenvalue weighted by atomic mass is 9.98. The number of nitrogens with zero attached hydrogens (tertiary/aromatic N) is 1. The highest BCUT2D eigenvalue weighted by atomic mass is 35.5. The van der Waals surface area contributed by atoms with Gasteiger partial charge in [0.2, 0.25) is 0 Å². The standard InChI is InChI=1S/C14H17ClN2OS/c15-8-1-4-12(14(16)19)13(5-8)17-9-2-3-10(17)7-11(18)6-9/h1,4-5,9-11,18H,2-3,6-7H2,(H2,16,19). The molecule has 0 amide bonds. The van der Waals surface area contributed by atoms with Crippen LogP contribution < -0.4 is 10.6 Å². The second kappa shape index (κ2) is 4.93. The maximum atomic E-state index is 9.88. The molecule has 2 unspecified atom stereocenters. The van der Waals surface area contributed by atoms with E-state index in [1.807, 2.05) is 18.2 Å². The van der Waals surface area contributed by atoms with E-state index in [2.05, 4.69) is 4.90 Å². The summed E-state index contributed by atoms with van der Waals surface area (Å²) in [6, 6.07) is 6.41. The van der Waals surface area contributed by atoms with Crippen molar-refractivity contribution in [3.05, 3.63) is 28.8 Å². The molecule has 0 radical (unpaired) electrons. The molecule has 0 spiro atoms. The highest BCUT2D eigenvalue weighted by Crippen LogP contribution is 2.41. The van der Waals surface area contributed by atoms with Crippen molar-refractivity contribution in [3.8, 4) is 0 Å². The van der Waals surface area contributed by atoms with Gasteiger partial charge in [-0.3, -0.25) is 0 Å². The second-order valence-corrected chi connectivity index (χ2v) is 6.32. The maximum Gasteiger partial charge on any atom is 0.106 e. The zero-order chi connectivity index (χ0) is 13.6. The van der Waals surface area contributed by atoms with E-state index < -0.39 is 0 Å². The Morgan fingerprint density at radius 2 is 1.95 bits per heavy atom. The summed E-state index contributed by atoms with van der Waals surface area (Å²) >= 11 is 11.3. The number of fused-ring (bicyclic) bond motifs is 2.